The van der Waals surface area contributed by atoms with E-state index < -0.39 is 11.6 Å². The SMILES string of the molecule is CC(C)(C)OC(=O)C1=C(NC(=O)CC(c2ccccc2)c2ccccc2)SCC1c1ccc(Cl)cc1. The molecule has 1 atom stereocenters. The molecular formula is C30H30ClNO3S. The summed E-state index contributed by atoms with van der Waals surface area (Å²) in [6, 6.07) is 27.5. The zero-order chi connectivity index (χ0) is 25.7. The summed E-state index contributed by atoms with van der Waals surface area (Å²) in [6.07, 6.45) is 0.255. The van der Waals surface area contributed by atoms with E-state index in [-0.39, 0.29) is 24.2 Å². The number of thioether (sulfide) groups is 1. The van der Waals surface area contributed by atoms with Gasteiger partial charge in [-0.2, -0.15) is 0 Å². The van der Waals surface area contributed by atoms with Gasteiger partial charge in [-0.25, -0.2) is 4.79 Å². The molecule has 0 radical (unpaired) electrons. The van der Waals surface area contributed by atoms with Crippen molar-refractivity contribution in [1.29, 1.82) is 0 Å². The molecular weight excluding hydrogens is 490 g/mol. The molecule has 3 aromatic rings. The summed E-state index contributed by atoms with van der Waals surface area (Å²) in [6.45, 7) is 5.52. The van der Waals surface area contributed by atoms with E-state index in [4.69, 9.17) is 16.3 Å². The minimum Gasteiger partial charge on any atom is -0.457 e. The van der Waals surface area contributed by atoms with Gasteiger partial charge in [0.2, 0.25) is 5.91 Å². The Balaban J connectivity index is 1.62. The smallest absolute Gasteiger partial charge is 0.337 e. The number of amides is 1. The normalized spacial score (nSPS) is 15.8. The number of rotatable bonds is 7. The Morgan fingerprint density at radius 3 is 2.03 bits per heavy atom. The van der Waals surface area contributed by atoms with Gasteiger partial charge in [-0.05, 0) is 49.6 Å². The summed E-state index contributed by atoms with van der Waals surface area (Å²) in [5, 5.41) is 4.25. The van der Waals surface area contributed by atoms with Crippen molar-refractivity contribution in [3.8, 4) is 0 Å². The molecule has 4 rings (SSSR count). The van der Waals surface area contributed by atoms with E-state index in [1.807, 2.05) is 106 Å². The molecule has 0 saturated heterocycles. The van der Waals surface area contributed by atoms with Crippen molar-refractivity contribution in [3.63, 3.8) is 0 Å². The lowest BCUT2D eigenvalue weighted by atomic mass is 9.88. The van der Waals surface area contributed by atoms with Gasteiger partial charge in [-0.3, -0.25) is 4.79 Å². The highest BCUT2D eigenvalue weighted by Gasteiger charge is 2.36. The van der Waals surface area contributed by atoms with E-state index in [2.05, 4.69) is 5.32 Å². The number of hydrogen-bond acceptors (Lipinski definition) is 4. The largest absolute Gasteiger partial charge is 0.457 e. The third-order valence-electron chi connectivity index (χ3n) is 5.92. The molecule has 0 aliphatic carbocycles. The molecule has 0 bridgehead atoms. The van der Waals surface area contributed by atoms with Crippen LogP contribution in [-0.4, -0.2) is 23.2 Å². The molecule has 4 nitrogen and oxygen atoms in total. The van der Waals surface area contributed by atoms with Gasteiger partial charge in [-0.1, -0.05) is 84.4 Å². The first-order chi connectivity index (χ1) is 17.2. The van der Waals surface area contributed by atoms with Crippen LogP contribution in [0.1, 0.15) is 55.7 Å². The lowest BCUT2D eigenvalue weighted by Crippen LogP contribution is -2.29. The van der Waals surface area contributed by atoms with Gasteiger partial charge in [-0.15, -0.1) is 11.8 Å². The molecule has 1 aliphatic rings. The first-order valence-corrected chi connectivity index (χ1v) is 13.3. The average Bonchev–Trinajstić information content (AvgIpc) is 3.26. The number of esters is 1. The van der Waals surface area contributed by atoms with Crippen molar-refractivity contribution < 1.29 is 14.3 Å². The van der Waals surface area contributed by atoms with Crippen molar-refractivity contribution in [2.45, 2.75) is 44.6 Å². The summed E-state index contributed by atoms with van der Waals surface area (Å²) in [4.78, 5) is 26.7. The van der Waals surface area contributed by atoms with Crippen LogP contribution in [-0.2, 0) is 14.3 Å². The number of benzene rings is 3. The highest BCUT2D eigenvalue weighted by atomic mass is 35.5. The Labute approximate surface area is 222 Å². The maximum Gasteiger partial charge on any atom is 0.337 e. The van der Waals surface area contributed by atoms with Crippen LogP contribution < -0.4 is 5.32 Å². The van der Waals surface area contributed by atoms with Gasteiger partial charge < -0.3 is 10.1 Å². The van der Waals surface area contributed by atoms with Gasteiger partial charge >= 0.3 is 5.97 Å². The molecule has 186 valence electrons. The first-order valence-electron chi connectivity index (χ1n) is 12.0. The Kier molecular flexibility index (Phi) is 8.22. The van der Waals surface area contributed by atoms with Crippen molar-refractivity contribution >= 4 is 35.2 Å². The lowest BCUT2D eigenvalue weighted by Gasteiger charge is -2.23. The van der Waals surface area contributed by atoms with Crippen LogP contribution >= 0.6 is 23.4 Å². The number of hydrogen-bond donors (Lipinski definition) is 1. The molecule has 0 saturated carbocycles. The van der Waals surface area contributed by atoms with Crippen molar-refractivity contribution in [2.24, 2.45) is 0 Å². The Morgan fingerprint density at radius 2 is 1.50 bits per heavy atom. The second-order valence-corrected chi connectivity index (χ2v) is 11.3. The lowest BCUT2D eigenvalue weighted by molar-refractivity contribution is -0.150. The summed E-state index contributed by atoms with van der Waals surface area (Å²) in [5.41, 5.74) is 2.93. The molecule has 1 aliphatic heterocycles. The second kappa shape index (κ2) is 11.4. The molecule has 0 fully saturated rings. The van der Waals surface area contributed by atoms with Gasteiger partial charge in [0.25, 0.3) is 0 Å². The minimum absolute atomic E-state index is 0.101. The molecule has 1 heterocycles. The van der Waals surface area contributed by atoms with Crippen LogP contribution in [0.5, 0.6) is 0 Å². The molecule has 6 heteroatoms. The summed E-state index contributed by atoms with van der Waals surface area (Å²) >= 11 is 7.56. The number of carbonyl (C=O) groups excluding carboxylic acids is 2. The number of carbonyl (C=O) groups is 2. The van der Waals surface area contributed by atoms with E-state index in [0.29, 0.717) is 21.4 Å². The molecule has 1 unspecified atom stereocenters. The third kappa shape index (κ3) is 6.59. The fourth-order valence-electron chi connectivity index (χ4n) is 4.28. The highest BCUT2D eigenvalue weighted by molar-refractivity contribution is 8.03. The zero-order valence-electron chi connectivity index (χ0n) is 20.7. The quantitative estimate of drug-likeness (QED) is 0.339. The molecule has 36 heavy (non-hydrogen) atoms. The molecule has 1 N–H and O–H groups in total. The number of nitrogens with one attached hydrogen (secondary N) is 1. The highest BCUT2D eigenvalue weighted by Crippen LogP contribution is 2.42. The first kappa shape index (κ1) is 26.1. The summed E-state index contributed by atoms with van der Waals surface area (Å²) in [7, 11) is 0. The maximum atomic E-state index is 13.4. The van der Waals surface area contributed by atoms with E-state index >= 15 is 0 Å². The van der Waals surface area contributed by atoms with Crippen LogP contribution in [0.4, 0.5) is 0 Å². The van der Waals surface area contributed by atoms with Crippen LogP contribution in [0.3, 0.4) is 0 Å². The van der Waals surface area contributed by atoms with Gasteiger partial charge in [0, 0.05) is 29.0 Å². The zero-order valence-corrected chi connectivity index (χ0v) is 22.2. The maximum absolute atomic E-state index is 13.4. The molecule has 0 spiro atoms. The molecule has 3 aromatic carbocycles. The topological polar surface area (TPSA) is 55.4 Å². The van der Waals surface area contributed by atoms with Crippen LogP contribution in [0.25, 0.3) is 0 Å². The van der Waals surface area contributed by atoms with Gasteiger partial charge in [0.15, 0.2) is 0 Å². The molecule has 0 aromatic heterocycles. The van der Waals surface area contributed by atoms with Gasteiger partial charge in [0.1, 0.15) is 5.60 Å². The predicted molar refractivity (Wildman–Crippen MR) is 147 cm³/mol. The van der Waals surface area contributed by atoms with Gasteiger partial charge in [0.05, 0.1) is 10.6 Å². The predicted octanol–water partition coefficient (Wildman–Crippen LogP) is 7.06. The standard InChI is InChI=1S/C30H30ClNO3S/c1-30(2,3)35-29(34)27-25(22-14-16-23(31)17-15-22)19-36-28(27)32-26(33)18-24(20-10-6-4-7-11-20)21-12-8-5-9-13-21/h4-17,24-25H,18-19H2,1-3H3,(H,32,33). The molecule has 1 amide bonds. The number of halogens is 1. The average molecular weight is 520 g/mol. The van der Waals surface area contributed by atoms with Crippen molar-refractivity contribution in [2.75, 3.05) is 5.75 Å². The van der Waals surface area contributed by atoms with Crippen LogP contribution in [0, 0.1) is 0 Å². The summed E-state index contributed by atoms with van der Waals surface area (Å²) < 4.78 is 5.74. The fourth-order valence-corrected chi connectivity index (χ4v) is 5.66. The van der Waals surface area contributed by atoms with E-state index in [1.165, 1.54) is 11.8 Å². The van der Waals surface area contributed by atoms with Crippen molar-refractivity contribution in [3.05, 3.63) is 117 Å². The third-order valence-corrected chi connectivity index (χ3v) is 7.29. The Morgan fingerprint density at radius 1 is 0.944 bits per heavy atom. The van der Waals surface area contributed by atoms with E-state index in [0.717, 1.165) is 16.7 Å². The summed E-state index contributed by atoms with van der Waals surface area (Å²) in [5.74, 6) is -0.224. The van der Waals surface area contributed by atoms with Crippen LogP contribution in [0.2, 0.25) is 5.02 Å². The Hall–Kier alpha value is -3.02. The number of ether oxygens (including phenoxy) is 1. The van der Waals surface area contributed by atoms with E-state index in [1.54, 1.807) is 0 Å². The Bertz CT molecular complexity index is 1200. The van der Waals surface area contributed by atoms with Crippen LogP contribution in [0.15, 0.2) is 95.5 Å². The van der Waals surface area contributed by atoms with Crippen molar-refractivity contribution in [1.82, 2.24) is 5.32 Å². The second-order valence-electron chi connectivity index (χ2n) is 9.79. The fraction of sp³-hybridized carbons (Fsp3) is 0.267. The minimum atomic E-state index is -0.650. The monoisotopic (exact) mass is 519 g/mol. The van der Waals surface area contributed by atoms with E-state index in [9.17, 15) is 9.59 Å².